The van der Waals surface area contributed by atoms with Gasteiger partial charge in [-0.05, 0) is 69.4 Å². The minimum atomic E-state index is -0.705. The lowest BCUT2D eigenvalue weighted by Crippen LogP contribution is -2.53. The highest BCUT2D eigenvalue weighted by molar-refractivity contribution is 8.03. The van der Waals surface area contributed by atoms with Crippen LogP contribution in [0.15, 0.2) is 29.7 Å². The third-order valence-corrected chi connectivity index (χ3v) is 7.70. The maximum atomic E-state index is 13.0. The number of likely N-dealkylation sites (N-methyl/N-ethyl adjacent to an activating group) is 1. The van der Waals surface area contributed by atoms with Crippen LogP contribution in [0.2, 0.25) is 0 Å². The molecule has 232 valence electrons. The van der Waals surface area contributed by atoms with Crippen LogP contribution in [0.3, 0.4) is 0 Å². The topological polar surface area (TPSA) is 91.0 Å². The van der Waals surface area contributed by atoms with E-state index in [9.17, 15) is 14.4 Å². The van der Waals surface area contributed by atoms with Crippen LogP contribution >= 0.6 is 11.8 Å². The second-order valence-electron chi connectivity index (χ2n) is 10.7. The number of ether oxygens (including phenoxy) is 1. The number of rotatable bonds is 11. The molecule has 2 aliphatic rings. The lowest BCUT2D eigenvalue weighted by molar-refractivity contribution is -0.138. The first-order chi connectivity index (χ1) is 19.6. The largest absolute Gasteiger partial charge is 0.372 e. The molecule has 2 heterocycles. The highest BCUT2D eigenvalue weighted by Gasteiger charge is 2.41. The van der Waals surface area contributed by atoms with Crippen molar-refractivity contribution in [2.24, 2.45) is 0 Å². The van der Waals surface area contributed by atoms with Crippen molar-refractivity contribution < 1.29 is 19.1 Å². The van der Waals surface area contributed by atoms with Gasteiger partial charge in [-0.3, -0.25) is 14.4 Å². The fourth-order valence-electron chi connectivity index (χ4n) is 4.54. The van der Waals surface area contributed by atoms with Crippen molar-refractivity contribution in [1.29, 1.82) is 0 Å². The van der Waals surface area contributed by atoms with Crippen molar-refractivity contribution in [3.63, 3.8) is 0 Å². The van der Waals surface area contributed by atoms with Gasteiger partial charge < -0.3 is 25.2 Å². The van der Waals surface area contributed by atoms with E-state index in [1.165, 1.54) is 24.3 Å². The molecule has 0 aliphatic carbocycles. The van der Waals surface area contributed by atoms with Crippen LogP contribution in [0, 0.1) is 0 Å². The van der Waals surface area contributed by atoms with E-state index in [4.69, 9.17) is 4.74 Å². The predicted octanol–water partition coefficient (Wildman–Crippen LogP) is 5.54. The second kappa shape index (κ2) is 19.7. The fraction of sp³-hybridized carbons (Fsp3) is 0.656. The first-order valence-corrected chi connectivity index (χ1v) is 16.1. The molecule has 0 spiro atoms. The van der Waals surface area contributed by atoms with Gasteiger partial charge in [0.1, 0.15) is 18.7 Å². The molecule has 8 nitrogen and oxygen atoms in total. The lowest BCUT2D eigenvalue weighted by Gasteiger charge is -2.30. The standard InChI is InChI=1S/C24H33N3O4S.C5H13N.C3H8/c1-5-8-21-25-18(14-32-21)15-9-11-16(12-10-15)23(29)26-17(6-2)24(30)27(4)22-19(28)13-31-20(22)7-3;1-4-5-6(2)3;1-3-2/h9-12,14,17,20-22,25H,5-8,13H2,1-4H3,(H,26,29);4-5H2,1-3H3;3H2,1-2H3. The molecule has 0 aromatic heterocycles. The molecule has 4 unspecified atom stereocenters. The van der Waals surface area contributed by atoms with Gasteiger partial charge >= 0.3 is 0 Å². The number of carbonyl (C=O) groups excluding carboxylic acids is 3. The predicted molar refractivity (Wildman–Crippen MR) is 172 cm³/mol. The molecule has 41 heavy (non-hydrogen) atoms. The lowest BCUT2D eigenvalue weighted by atomic mass is 10.0. The zero-order valence-electron chi connectivity index (χ0n) is 26.8. The zero-order chi connectivity index (χ0) is 30.9. The maximum Gasteiger partial charge on any atom is 0.251 e. The first kappa shape index (κ1) is 36.7. The highest BCUT2D eigenvalue weighted by atomic mass is 32.2. The van der Waals surface area contributed by atoms with Gasteiger partial charge in [0.05, 0.1) is 11.5 Å². The number of benzene rings is 1. The number of hydrogen-bond donors (Lipinski definition) is 2. The van der Waals surface area contributed by atoms with Gasteiger partial charge in [0.2, 0.25) is 5.91 Å². The summed E-state index contributed by atoms with van der Waals surface area (Å²) in [5, 5.41) is 8.85. The number of nitrogens with one attached hydrogen (secondary N) is 2. The molecule has 0 saturated carbocycles. The molecule has 4 atom stereocenters. The number of ketones is 1. The zero-order valence-corrected chi connectivity index (χ0v) is 27.6. The number of hydrogen-bond acceptors (Lipinski definition) is 7. The van der Waals surface area contributed by atoms with Crippen molar-refractivity contribution in [2.75, 3.05) is 34.3 Å². The van der Waals surface area contributed by atoms with Crippen molar-refractivity contribution >= 4 is 35.1 Å². The molecule has 9 heteroatoms. The van der Waals surface area contributed by atoms with E-state index in [0.29, 0.717) is 23.8 Å². The fourth-order valence-corrected chi connectivity index (χ4v) is 5.61. The highest BCUT2D eigenvalue weighted by Crippen LogP contribution is 2.29. The van der Waals surface area contributed by atoms with E-state index in [-0.39, 0.29) is 30.3 Å². The van der Waals surface area contributed by atoms with Crippen molar-refractivity contribution in [3.05, 3.63) is 40.8 Å². The van der Waals surface area contributed by atoms with Crippen LogP contribution in [-0.2, 0) is 14.3 Å². The third-order valence-electron chi connectivity index (χ3n) is 6.65. The van der Waals surface area contributed by atoms with E-state index < -0.39 is 12.1 Å². The van der Waals surface area contributed by atoms with Crippen molar-refractivity contribution in [2.45, 2.75) is 104 Å². The van der Waals surface area contributed by atoms with Crippen molar-refractivity contribution in [1.82, 2.24) is 20.4 Å². The van der Waals surface area contributed by atoms with E-state index in [1.54, 1.807) is 30.9 Å². The van der Waals surface area contributed by atoms with Crippen LogP contribution in [0.4, 0.5) is 0 Å². The Balaban J connectivity index is 0.000000815. The molecule has 2 aliphatic heterocycles. The summed E-state index contributed by atoms with van der Waals surface area (Å²) in [5.74, 6) is -0.685. The number of Topliss-reactive ketones (excluding diaryl/α,β-unsaturated/α-hetero) is 1. The number of amides is 2. The molecular weight excluding hydrogens is 536 g/mol. The molecule has 3 rings (SSSR count). The Hall–Kier alpha value is -2.36. The summed E-state index contributed by atoms with van der Waals surface area (Å²) < 4.78 is 5.49. The Kier molecular flexibility index (Phi) is 17.6. The molecule has 0 bridgehead atoms. The van der Waals surface area contributed by atoms with Gasteiger partial charge in [0.15, 0.2) is 5.78 Å². The van der Waals surface area contributed by atoms with Gasteiger partial charge in [0, 0.05) is 18.3 Å². The second-order valence-corrected chi connectivity index (χ2v) is 11.8. The van der Waals surface area contributed by atoms with E-state index in [0.717, 1.165) is 24.1 Å². The van der Waals surface area contributed by atoms with E-state index in [1.807, 2.05) is 26.0 Å². The SMILES string of the molecule is CCC.CCCC1NC(c2ccc(C(=O)NC(CC)C(=O)N(C)C3C(=O)COC3CC)cc2)=CS1.CCCN(C)C. The van der Waals surface area contributed by atoms with Gasteiger partial charge in [-0.1, -0.05) is 66.5 Å². The van der Waals surface area contributed by atoms with Gasteiger partial charge in [0.25, 0.3) is 5.91 Å². The molecule has 1 aromatic rings. The summed E-state index contributed by atoms with van der Waals surface area (Å²) in [6, 6.07) is 6.07. The van der Waals surface area contributed by atoms with Crippen LogP contribution in [0.1, 0.15) is 96.0 Å². The molecule has 1 saturated heterocycles. The summed E-state index contributed by atoms with van der Waals surface area (Å²) >= 11 is 1.78. The Labute approximate surface area is 253 Å². The number of carbonyl (C=O) groups is 3. The minimum absolute atomic E-state index is 0.0271. The Morgan fingerprint density at radius 1 is 1.05 bits per heavy atom. The molecule has 2 N–H and O–H groups in total. The summed E-state index contributed by atoms with van der Waals surface area (Å²) in [7, 11) is 5.78. The minimum Gasteiger partial charge on any atom is -0.372 e. The Morgan fingerprint density at radius 2 is 1.68 bits per heavy atom. The third kappa shape index (κ3) is 11.8. The molecule has 0 radical (unpaired) electrons. The number of thioether (sulfide) groups is 1. The quantitative estimate of drug-likeness (QED) is 0.350. The van der Waals surface area contributed by atoms with Crippen LogP contribution in [-0.4, -0.2) is 85.3 Å². The first-order valence-electron chi connectivity index (χ1n) is 15.2. The average molecular weight is 591 g/mol. The van der Waals surface area contributed by atoms with Gasteiger partial charge in [-0.15, -0.1) is 11.8 Å². The summed E-state index contributed by atoms with van der Waals surface area (Å²) in [6.07, 6.45) is 5.51. The normalized spacial score (nSPS) is 20.2. The maximum absolute atomic E-state index is 13.0. The molecule has 2 amide bonds. The van der Waals surface area contributed by atoms with E-state index >= 15 is 0 Å². The van der Waals surface area contributed by atoms with Gasteiger partial charge in [-0.25, -0.2) is 0 Å². The number of nitrogens with zero attached hydrogens (tertiary/aromatic N) is 2. The van der Waals surface area contributed by atoms with Crippen LogP contribution in [0.5, 0.6) is 0 Å². The molecule has 1 aromatic carbocycles. The van der Waals surface area contributed by atoms with Gasteiger partial charge in [-0.2, -0.15) is 0 Å². The smallest absolute Gasteiger partial charge is 0.251 e. The summed E-state index contributed by atoms with van der Waals surface area (Å²) in [6.45, 7) is 13.6. The molecular formula is C32H54N4O4S. The summed E-state index contributed by atoms with van der Waals surface area (Å²) in [4.78, 5) is 41.7. The van der Waals surface area contributed by atoms with Crippen LogP contribution < -0.4 is 10.6 Å². The monoisotopic (exact) mass is 590 g/mol. The summed E-state index contributed by atoms with van der Waals surface area (Å²) in [5.41, 5.74) is 2.59. The van der Waals surface area contributed by atoms with E-state index in [2.05, 4.69) is 62.7 Å². The average Bonchev–Trinajstić information content (AvgIpc) is 3.58. The Morgan fingerprint density at radius 3 is 2.17 bits per heavy atom. The Bertz CT molecular complexity index is 967. The van der Waals surface area contributed by atoms with Crippen LogP contribution in [0.25, 0.3) is 5.70 Å². The van der Waals surface area contributed by atoms with Crippen molar-refractivity contribution in [3.8, 4) is 0 Å². The molecule has 1 fully saturated rings.